The summed E-state index contributed by atoms with van der Waals surface area (Å²) in [4.78, 5) is 33.5. The molecule has 2 heterocycles. The average molecular weight is 431 g/mol. The van der Waals surface area contributed by atoms with Crippen LogP contribution in [0.2, 0.25) is 0 Å². The van der Waals surface area contributed by atoms with Crippen LogP contribution in [0.4, 0.5) is 13.2 Å². The van der Waals surface area contributed by atoms with E-state index in [0.29, 0.717) is 32.7 Å². The van der Waals surface area contributed by atoms with Crippen LogP contribution < -0.4 is 11.2 Å². The molecule has 29 heavy (non-hydrogen) atoms. The highest BCUT2D eigenvalue weighted by atomic mass is 32.1. The van der Waals surface area contributed by atoms with Crippen LogP contribution in [-0.4, -0.2) is 36.3 Å². The van der Waals surface area contributed by atoms with Gasteiger partial charge in [-0.3, -0.25) is 14.2 Å². The smallest absolute Gasteiger partial charge is 0.431 e. The Morgan fingerprint density at radius 3 is 2.41 bits per heavy atom. The van der Waals surface area contributed by atoms with Crippen molar-refractivity contribution in [2.24, 2.45) is 7.05 Å². The maximum absolute atomic E-state index is 12.9. The summed E-state index contributed by atoms with van der Waals surface area (Å²) >= 11 is 1.19. The van der Waals surface area contributed by atoms with Crippen LogP contribution in [0.15, 0.2) is 33.9 Å². The van der Waals surface area contributed by atoms with E-state index in [1.165, 1.54) is 23.7 Å². The molecule has 0 spiro atoms. The number of rotatable bonds is 3. The number of alkyl halides is 3. The number of fused-ring (bicyclic) bond motifs is 1. The van der Waals surface area contributed by atoms with E-state index in [4.69, 9.17) is 15.0 Å². The molecule has 3 rings (SSSR count). The van der Waals surface area contributed by atoms with Crippen molar-refractivity contribution in [2.75, 3.05) is 6.61 Å². The van der Waals surface area contributed by atoms with Crippen LogP contribution in [0.3, 0.4) is 0 Å². The van der Waals surface area contributed by atoms with Crippen molar-refractivity contribution in [1.29, 1.82) is 0 Å². The number of halogens is 3. The SMILES string of the molecule is CC(=O)O.Cn1c(C(F)(F)F)cc(=O)n(-c2ccc3snc(CCO)c3c2)c1=O. The highest BCUT2D eigenvalue weighted by molar-refractivity contribution is 7.13. The van der Waals surface area contributed by atoms with Crippen molar-refractivity contribution in [2.45, 2.75) is 19.5 Å². The Morgan fingerprint density at radius 1 is 1.24 bits per heavy atom. The number of aliphatic hydroxyl groups is 1. The van der Waals surface area contributed by atoms with Gasteiger partial charge in [-0.15, -0.1) is 0 Å². The Balaban J connectivity index is 0.000000687. The van der Waals surface area contributed by atoms with Crippen molar-refractivity contribution in [3.05, 3.63) is 56.5 Å². The Kier molecular flexibility index (Phi) is 6.59. The largest absolute Gasteiger partial charge is 0.481 e. The summed E-state index contributed by atoms with van der Waals surface area (Å²) < 4.78 is 44.8. The number of hydrogen-bond donors (Lipinski definition) is 2. The van der Waals surface area contributed by atoms with Gasteiger partial charge in [0.25, 0.3) is 11.5 Å². The maximum atomic E-state index is 12.9. The minimum absolute atomic E-state index is 0.120. The van der Waals surface area contributed by atoms with E-state index in [2.05, 4.69) is 4.37 Å². The molecule has 1 aromatic carbocycles. The lowest BCUT2D eigenvalue weighted by atomic mass is 10.1. The van der Waals surface area contributed by atoms with Crippen LogP contribution in [0.1, 0.15) is 18.3 Å². The Morgan fingerprint density at radius 2 is 1.86 bits per heavy atom. The Labute approximate surface area is 165 Å². The van der Waals surface area contributed by atoms with Gasteiger partial charge in [0.05, 0.1) is 16.1 Å². The average Bonchev–Trinajstić information content (AvgIpc) is 3.00. The van der Waals surface area contributed by atoms with Gasteiger partial charge in [-0.05, 0) is 29.7 Å². The second kappa shape index (κ2) is 8.57. The first-order chi connectivity index (χ1) is 13.5. The standard InChI is InChI=1S/C15H12F3N3O3S.C2H4O2/c1-20-12(15(16,17)18)7-13(23)21(14(20)24)8-2-3-11-9(6-8)10(4-5-22)19-25-11;1-2(3)4/h2-3,6-7,22H,4-5H2,1H3;1H3,(H,3,4). The lowest BCUT2D eigenvalue weighted by molar-refractivity contribution is -0.144. The molecule has 12 heteroatoms. The molecule has 0 fully saturated rings. The second-order valence-corrected chi connectivity index (χ2v) is 6.65. The molecule has 0 amide bonds. The number of hydrogen-bond acceptors (Lipinski definition) is 6. The number of aliphatic hydroxyl groups excluding tert-OH is 1. The van der Waals surface area contributed by atoms with E-state index in [9.17, 15) is 22.8 Å². The second-order valence-electron chi connectivity index (χ2n) is 5.84. The summed E-state index contributed by atoms with van der Waals surface area (Å²) in [6, 6.07) is 5.01. The van der Waals surface area contributed by atoms with Gasteiger partial charge in [-0.2, -0.15) is 17.5 Å². The summed E-state index contributed by atoms with van der Waals surface area (Å²) in [5, 5.41) is 17.1. The van der Waals surface area contributed by atoms with Crippen LogP contribution in [0.25, 0.3) is 15.8 Å². The predicted octanol–water partition coefficient (Wildman–Crippen LogP) is 1.79. The third-order valence-corrected chi connectivity index (χ3v) is 4.61. The van der Waals surface area contributed by atoms with Crippen LogP contribution in [0.5, 0.6) is 0 Å². The number of aromatic nitrogens is 3. The summed E-state index contributed by atoms with van der Waals surface area (Å²) in [7, 11) is 0.961. The van der Waals surface area contributed by atoms with E-state index in [0.717, 1.165) is 18.7 Å². The first-order valence-corrected chi connectivity index (χ1v) is 8.84. The van der Waals surface area contributed by atoms with Gasteiger partial charge in [0, 0.05) is 38.5 Å². The first kappa shape index (κ1) is 22.3. The normalized spacial score (nSPS) is 11.2. The van der Waals surface area contributed by atoms with E-state index in [1.807, 2.05) is 0 Å². The molecule has 2 N–H and O–H groups in total. The fraction of sp³-hybridized carbons (Fsp3) is 0.294. The van der Waals surface area contributed by atoms with Crippen LogP contribution in [0, 0.1) is 0 Å². The van der Waals surface area contributed by atoms with Gasteiger partial charge in [0.2, 0.25) is 0 Å². The summed E-state index contributed by atoms with van der Waals surface area (Å²) in [5.41, 5.74) is -2.72. The Bertz CT molecular complexity index is 1160. The molecular weight excluding hydrogens is 415 g/mol. The molecule has 3 aromatic rings. The van der Waals surface area contributed by atoms with Gasteiger partial charge in [-0.1, -0.05) is 0 Å². The summed E-state index contributed by atoms with van der Waals surface area (Å²) in [6.07, 6.45) is -4.51. The van der Waals surface area contributed by atoms with Gasteiger partial charge >= 0.3 is 11.9 Å². The highest BCUT2D eigenvalue weighted by Crippen LogP contribution is 2.28. The van der Waals surface area contributed by atoms with Gasteiger partial charge in [0.1, 0.15) is 5.69 Å². The van der Waals surface area contributed by atoms with Gasteiger partial charge < -0.3 is 10.2 Å². The van der Waals surface area contributed by atoms with Crippen LogP contribution >= 0.6 is 11.5 Å². The molecule has 0 saturated heterocycles. The fourth-order valence-corrected chi connectivity index (χ4v) is 3.34. The zero-order valence-corrected chi connectivity index (χ0v) is 16.0. The van der Waals surface area contributed by atoms with Crippen molar-refractivity contribution in [3.63, 3.8) is 0 Å². The third-order valence-electron chi connectivity index (χ3n) is 3.75. The molecule has 8 nitrogen and oxygen atoms in total. The molecule has 156 valence electrons. The molecule has 0 radical (unpaired) electrons. The van der Waals surface area contributed by atoms with E-state index in [1.54, 1.807) is 6.07 Å². The summed E-state index contributed by atoms with van der Waals surface area (Å²) in [5.74, 6) is -0.833. The van der Waals surface area contributed by atoms with Crippen LogP contribution in [-0.2, 0) is 24.4 Å². The monoisotopic (exact) mass is 431 g/mol. The summed E-state index contributed by atoms with van der Waals surface area (Å²) in [6.45, 7) is 0.963. The van der Waals surface area contributed by atoms with Crippen molar-refractivity contribution >= 4 is 27.6 Å². The van der Waals surface area contributed by atoms with Gasteiger partial charge in [-0.25, -0.2) is 9.36 Å². The minimum Gasteiger partial charge on any atom is -0.481 e. The fourth-order valence-electron chi connectivity index (χ4n) is 2.54. The molecule has 0 aliphatic rings. The molecule has 0 atom stereocenters. The lowest BCUT2D eigenvalue weighted by Gasteiger charge is -2.14. The molecular formula is C17H16F3N3O5S. The van der Waals surface area contributed by atoms with Gasteiger partial charge in [0.15, 0.2) is 0 Å². The quantitative estimate of drug-likeness (QED) is 0.654. The number of benzene rings is 1. The predicted molar refractivity (Wildman–Crippen MR) is 99.6 cm³/mol. The highest BCUT2D eigenvalue weighted by Gasteiger charge is 2.35. The molecule has 0 aliphatic heterocycles. The molecule has 0 unspecified atom stereocenters. The van der Waals surface area contributed by atoms with E-state index in [-0.39, 0.29) is 12.3 Å². The number of carboxylic acids is 1. The number of carboxylic acid groups (broad SMARTS) is 1. The topological polar surface area (TPSA) is 114 Å². The minimum atomic E-state index is -4.80. The van der Waals surface area contributed by atoms with E-state index >= 15 is 0 Å². The zero-order chi connectivity index (χ0) is 21.9. The molecule has 2 aromatic heterocycles. The number of carbonyl (C=O) groups is 1. The Hall–Kier alpha value is -2.99. The van der Waals surface area contributed by atoms with Crippen molar-refractivity contribution in [1.82, 2.24) is 13.5 Å². The lowest BCUT2D eigenvalue weighted by Crippen LogP contribution is -2.40. The molecule has 0 saturated carbocycles. The zero-order valence-electron chi connectivity index (χ0n) is 15.2. The molecule has 0 aliphatic carbocycles. The number of nitrogens with zero attached hydrogens (tertiary/aromatic N) is 3. The molecule has 0 bridgehead atoms. The third kappa shape index (κ3) is 4.90. The first-order valence-electron chi connectivity index (χ1n) is 8.06. The van der Waals surface area contributed by atoms with Crippen molar-refractivity contribution in [3.8, 4) is 5.69 Å². The number of aliphatic carboxylic acids is 1. The maximum Gasteiger partial charge on any atom is 0.431 e. The van der Waals surface area contributed by atoms with Crippen molar-refractivity contribution < 1.29 is 28.2 Å². The van der Waals surface area contributed by atoms with E-state index < -0.39 is 29.1 Å².